The summed E-state index contributed by atoms with van der Waals surface area (Å²) >= 11 is 5.44. The summed E-state index contributed by atoms with van der Waals surface area (Å²) in [7, 11) is -0.324. The molecule has 1 heterocycles. The summed E-state index contributed by atoms with van der Waals surface area (Å²) in [6.45, 7) is 2.37. The summed E-state index contributed by atoms with van der Waals surface area (Å²) < 4.78 is 13.5. The molecule has 2 aliphatic rings. The first-order chi connectivity index (χ1) is 13.2. The summed E-state index contributed by atoms with van der Waals surface area (Å²) in [5, 5.41) is 0. The Bertz CT molecular complexity index is 581. The Hall–Kier alpha value is -0.603. The van der Waals surface area contributed by atoms with Crippen molar-refractivity contribution in [2.75, 3.05) is 0 Å². The topological polar surface area (TPSA) is 0 Å². The van der Waals surface area contributed by atoms with Gasteiger partial charge in [0, 0.05) is 19.9 Å². The number of aryl methyl sites for hydroxylation is 1. The van der Waals surface area contributed by atoms with Crippen LogP contribution in [0.5, 0.6) is 0 Å². The summed E-state index contributed by atoms with van der Waals surface area (Å²) in [6.07, 6.45) is 12.8. The highest BCUT2D eigenvalue weighted by Crippen LogP contribution is 2.41. The fourth-order valence-electron chi connectivity index (χ4n) is 5.57. The van der Waals surface area contributed by atoms with Crippen LogP contribution >= 0.6 is 11.6 Å². The van der Waals surface area contributed by atoms with Gasteiger partial charge in [0.1, 0.15) is 5.83 Å². The van der Waals surface area contributed by atoms with E-state index in [9.17, 15) is 4.39 Å². The molecule has 0 N–H and O–H groups in total. The zero-order chi connectivity index (χ0) is 19.1. The maximum Gasteiger partial charge on any atom is 0.141 e. The van der Waals surface area contributed by atoms with Crippen molar-refractivity contribution in [3.05, 3.63) is 40.9 Å². The van der Waals surface area contributed by atoms with E-state index in [0.29, 0.717) is 5.56 Å². The largest absolute Gasteiger partial charge is 0.205 e. The predicted molar refractivity (Wildman–Crippen MR) is 120 cm³/mol. The average Bonchev–Trinajstić information content (AvgIpc) is 2.73. The van der Waals surface area contributed by atoms with E-state index >= 15 is 0 Å². The summed E-state index contributed by atoms with van der Waals surface area (Å²) in [5.41, 5.74) is 2.90. The molecule has 1 saturated carbocycles. The van der Waals surface area contributed by atoms with Crippen LogP contribution in [0.25, 0.3) is 5.83 Å². The number of hydrogen-bond acceptors (Lipinski definition) is 0. The Labute approximate surface area is 172 Å². The van der Waals surface area contributed by atoms with Crippen molar-refractivity contribution in [1.29, 1.82) is 0 Å². The summed E-state index contributed by atoms with van der Waals surface area (Å²) in [6, 6.07) is 12.7. The SMILES string of the molecule is CCC[SiH]1CCC([C@H]2CC[C@H](CCc3ccc(/C(F)=C/Cl)cc3)CC2)CC1. The summed E-state index contributed by atoms with van der Waals surface area (Å²) in [5.74, 6) is 2.63. The van der Waals surface area contributed by atoms with E-state index in [1.165, 1.54) is 44.1 Å². The standard InChI is InChI=1S/C24H36ClFSi/c1-2-15-27-16-13-22(14-17-27)21-9-5-19(6-10-21)3-4-20-7-11-23(12-8-20)24(26)18-25/h7-8,11-12,18-19,21-22,27H,2-6,9-10,13-17H2,1H3/b24-18-/t19-,21-,22?,27?. The van der Waals surface area contributed by atoms with E-state index in [-0.39, 0.29) is 14.6 Å². The first-order valence-electron chi connectivity index (χ1n) is 11.2. The smallest absolute Gasteiger partial charge is 0.141 e. The monoisotopic (exact) mass is 406 g/mol. The molecule has 1 aliphatic carbocycles. The Kier molecular flexibility index (Phi) is 8.45. The van der Waals surface area contributed by atoms with Gasteiger partial charge in [-0.05, 0) is 49.0 Å². The molecule has 0 aromatic heterocycles. The zero-order valence-corrected chi connectivity index (χ0v) is 18.8. The van der Waals surface area contributed by atoms with E-state index in [1.807, 2.05) is 12.1 Å². The van der Waals surface area contributed by atoms with Crippen molar-refractivity contribution in [2.45, 2.75) is 82.8 Å². The van der Waals surface area contributed by atoms with Crippen molar-refractivity contribution in [2.24, 2.45) is 17.8 Å². The minimum Gasteiger partial charge on any atom is -0.205 e. The second-order valence-electron chi connectivity index (χ2n) is 9.04. The molecule has 1 aliphatic heterocycles. The summed E-state index contributed by atoms with van der Waals surface area (Å²) in [4.78, 5) is 0. The van der Waals surface area contributed by atoms with Gasteiger partial charge in [-0.1, -0.05) is 93.0 Å². The van der Waals surface area contributed by atoms with Crippen molar-refractivity contribution in [1.82, 2.24) is 0 Å². The minimum absolute atomic E-state index is 0.324. The number of halogens is 2. The van der Waals surface area contributed by atoms with Crippen molar-refractivity contribution in [3.8, 4) is 0 Å². The number of rotatable bonds is 7. The average molecular weight is 407 g/mol. The lowest BCUT2D eigenvalue weighted by molar-refractivity contribution is 0.186. The van der Waals surface area contributed by atoms with E-state index in [0.717, 1.165) is 29.7 Å². The van der Waals surface area contributed by atoms with Crippen LogP contribution in [-0.4, -0.2) is 8.80 Å². The minimum atomic E-state index is -0.354. The van der Waals surface area contributed by atoms with Gasteiger partial charge in [0.05, 0.1) is 0 Å². The molecule has 27 heavy (non-hydrogen) atoms. The lowest BCUT2D eigenvalue weighted by atomic mass is 9.73. The molecule has 150 valence electrons. The second kappa shape index (κ2) is 10.8. The number of hydrogen-bond donors (Lipinski definition) is 0. The molecule has 0 unspecified atom stereocenters. The zero-order valence-electron chi connectivity index (χ0n) is 16.9. The third-order valence-electron chi connectivity index (χ3n) is 7.31. The van der Waals surface area contributed by atoms with Gasteiger partial charge in [-0.25, -0.2) is 4.39 Å². The molecule has 0 bridgehead atoms. The maximum absolute atomic E-state index is 13.5. The van der Waals surface area contributed by atoms with Crippen molar-refractivity contribution < 1.29 is 4.39 Å². The normalized spacial score (nSPS) is 29.7. The molecular formula is C24H36ClFSi. The third-order valence-corrected chi connectivity index (χ3v) is 11.2. The predicted octanol–water partition coefficient (Wildman–Crippen LogP) is 7.98. The van der Waals surface area contributed by atoms with Gasteiger partial charge in [-0.2, -0.15) is 0 Å². The van der Waals surface area contributed by atoms with Crippen molar-refractivity contribution >= 4 is 26.2 Å². The Balaban J connectivity index is 1.37. The first kappa shape index (κ1) is 21.1. The van der Waals surface area contributed by atoms with Crippen LogP contribution in [-0.2, 0) is 6.42 Å². The Morgan fingerprint density at radius 3 is 2.26 bits per heavy atom. The van der Waals surface area contributed by atoms with Crippen LogP contribution in [0.3, 0.4) is 0 Å². The van der Waals surface area contributed by atoms with Gasteiger partial charge in [-0.15, -0.1) is 0 Å². The van der Waals surface area contributed by atoms with Crippen LogP contribution in [0.1, 0.15) is 69.4 Å². The molecule has 1 aromatic rings. The van der Waals surface area contributed by atoms with Crippen LogP contribution in [0, 0.1) is 17.8 Å². The molecular weight excluding hydrogens is 371 g/mol. The van der Waals surface area contributed by atoms with Gasteiger partial charge < -0.3 is 0 Å². The molecule has 0 amide bonds. The fourth-order valence-corrected chi connectivity index (χ4v) is 9.18. The van der Waals surface area contributed by atoms with Crippen LogP contribution in [0.4, 0.5) is 4.39 Å². The quantitative estimate of drug-likeness (QED) is 0.402. The number of benzene rings is 1. The second-order valence-corrected chi connectivity index (χ2v) is 12.7. The van der Waals surface area contributed by atoms with Gasteiger partial charge in [0.2, 0.25) is 0 Å². The van der Waals surface area contributed by atoms with Gasteiger partial charge >= 0.3 is 0 Å². The van der Waals surface area contributed by atoms with Gasteiger partial charge in [0.15, 0.2) is 0 Å². The Morgan fingerprint density at radius 1 is 1.04 bits per heavy atom. The molecule has 2 fully saturated rings. The van der Waals surface area contributed by atoms with E-state index in [1.54, 1.807) is 31.0 Å². The lowest BCUT2D eigenvalue weighted by Gasteiger charge is -2.37. The maximum atomic E-state index is 13.5. The lowest BCUT2D eigenvalue weighted by Crippen LogP contribution is -2.28. The van der Waals surface area contributed by atoms with Gasteiger partial charge in [0.25, 0.3) is 0 Å². The molecule has 1 saturated heterocycles. The highest BCUT2D eigenvalue weighted by atomic mass is 35.5. The van der Waals surface area contributed by atoms with E-state index in [4.69, 9.17) is 11.6 Å². The molecule has 0 spiro atoms. The third kappa shape index (κ3) is 6.19. The molecule has 1 aromatic carbocycles. The Morgan fingerprint density at radius 2 is 1.67 bits per heavy atom. The van der Waals surface area contributed by atoms with Gasteiger partial charge in [-0.3, -0.25) is 0 Å². The fraction of sp³-hybridized carbons (Fsp3) is 0.667. The van der Waals surface area contributed by atoms with E-state index in [2.05, 4.69) is 19.1 Å². The van der Waals surface area contributed by atoms with Crippen molar-refractivity contribution in [3.63, 3.8) is 0 Å². The molecule has 0 nitrogen and oxygen atoms in total. The molecule has 3 rings (SSSR count). The first-order valence-corrected chi connectivity index (χ1v) is 14.1. The molecule has 0 atom stereocenters. The molecule has 3 heteroatoms. The van der Waals surface area contributed by atoms with E-state index < -0.39 is 0 Å². The molecule has 0 radical (unpaired) electrons. The highest BCUT2D eigenvalue weighted by Gasteiger charge is 2.30. The van der Waals surface area contributed by atoms with Crippen LogP contribution in [0.2, 0.25) is 18.1 Å². The van der Waals surface area contributed by atoms with Crippen LogP contribution < -0.4 is 0 Å². The highest BCUT2D eigenvalue weighted by molar-refractivity contribution is 6.58. The van der Waals surface area contributed by atoms with Crippen LogP contribution in [0.15, 0.2) is 29.8 Å².